The summed E-state index contributed by atoms with van der Waals surface area (Å²) in [5.74, 6) is 0.698. The molecule has 1 unspecified atom stereocenters. The molecule has 86 valence electrons. The number of nitrogens with one attached hydrogen (secondary N) is 1. The lowest BCUT2D eigenvalue weighted by Gasteiger charge is -2.20. The van der Waals surface area contributed by atoms with Gasteiger partial charge in [-0.05, 0) is 54.6 Å². The van der Waals surface area contributed by atoms with E-state index < -0.39 is 0 Å². The van der Waals surface area contributed by atoms with E-state index in [0.717, 1.165) is 19.6 Å². The van der Waals surface area contributed by atoms with Crippen molar-refractivity contribution in [3.05, 3.63) is 20.8 Å². The molecule has 1 rings (SSSR count). The van der Waals surface area contributed by atoms with Crippen molar-refractivity contribution in [2.24, 2.45) is 5.92 Å². The van der Waals surface area contributed by atoms with Crippen LogP contribution in [0.4, 0.5) is 0 Å². The minimum absolute atomic E-state index is 0.698. The van der Waals surface area contributed by atoms with Gasteiger partial charge >= 0.3 is 0 Å². The van der Waals surface area contributed by atoms with Crippen molar-refractivity contribution in [2.75, 3.05) is 27.2 Å². The van der Waals surface area contributed by atoms with Crippen LogP contribution in [0.1, 0.15) is 11.8 Å². The first-order valence-electron chi connectivity index (χ1n) is 5.19. The van der Waals surface area contributed by atoms with Crippen molar-refractivity contribution < 1.29 is 0 Å². The lowest BCUT2D eigenvalue weighted by molar-refractivity contribution is 0.278. The van der Waals surface area contributed by atoms with Crippen molar-refractivity contribution in [1.29, 1.82) is 0 Å². The Morgan fingerprint density at radius 1 is 1.53 bits per heavy atom. The minimum atomic E-state index is 0.698. The summed E-state index contributed by atoms with van der Waals surface area (Å²) in [6.45, 7) is 5.54. The van der Waals surface area contributed by atoms with Gasteiger partial charge in [-0.25, -0.2) is 0 Å². The molecule has 0 aliphatic carbocycles. The van der Waals surface area contributed by atoms with Crippen LogP contribution in [0, 0.1) is 5.92 Å². The fraction of sp³-hybridized carbons (Fsp3) is 0.636. The average Bonchev–Trinajstić information content (AvgIpc) is 2.51. The Bertz CT molecular complexity index is 288. The second-order valence-electron chi connectivity index (χ2n) is 4.07. The Morgan fingerprint density at radius 2 is 2.27 bits per heavy atom. The lowest BCUT2D eigenvalue weighted by Crippen LogP contribution is -2.29. The molecule has 2 nitrogen and oxygen atoms in total. The number of nitrogens with zero attached hydrogens (tertiary/aromatic N) is 1. The third-order valence-electron chi connectivity index (χ3n) is 2.23. The first-order chi connectivity index (χ1) is 7.11. The molecule has 1 atom stereocenters. The zero-order valence-corrected chi connectivity index (χ0v) is 12.0. The highest BCUT2D eigenvalue weighted by atomic mass is 79.9. The molecule has 0 saturated heterocycles. The third-order valence-corrected chi connectivity index (χ3v) is 3.84. The van der Waals surface area contributed by atoms with E-state index in [9.17, 15) is 0 Å². The normalized spacial score (nSPS) is 13.4. The first kappa shape index (κ1) is 13.2. The molecular weight excluding hydrogens is 272 g/mol. The van der Waals surface area contributed by atoms with Gasteiger partial charge in [-0.2, -0.15) is 0 Å². The van der Waals surface area contributed by atoms with Crippen molar-refractivity contribution >= 4 is 27.3 Å². The van der Waals surface area contributed by atoms with Gasteiger partial charge in [-0.15, -0.1) is 11.3 Å². The van der Waals surface area contributed by atoms with Gasteiger partial charge in [0.2, 0.25) is 0 Å². The zero-order valence-electron chi connectivity index (χ0n) is 9.59. The van der Waals surface area contributed by atoms with Crippen molar-refractivity contribution in [3.8, 4) is 0 Å². The van der Waals surface area contributed by atoms with Crippen LogP contribution in [0.5, 0.6) is 0 Å². The predicted octanol–water partition coefficient (Wildman–Crippen LogP) is 2.80. The standard InChI is InChI=1S/C11H19BrN2S/c1-9(6-13-2)7-14(3)8-10-4-5-11(12)15-10/h4-5,9,13H,6-8H2,1-3H3. The number of hydrogen-bond donors (Lipinski definition) is 1. The largest absolute Gasteiger partial charge is 0.319 e. The Labute approximate surface area is 105 Å². The number of hydrogen-bond acceptors (Lipinski definition) is 3. The van der Waals surface area contributed by atoms with E-state index in [0.29, 0.717) is 5.92 Å². The maximum atomic E-state index is 3.49. The van der Waals surface area contributed by atoms with Crippen LogP contribution < -0.4 is 5.32 Å². The molecule has 0 aromatic carbocycles. The molecule has 0 saturated carbocycles. The molecule has 0 bridgehead atoms. The van der Waals surface area contributed by atoms with Crippen LogP contribution in [-0.4, -0.2) is 32.1 Å². The molecule has 1 aromatic rings. The van der Waals surface area contributed by atoms with Gasteiger partial charge in [0.05, 0.1) is 3.79 Å². The smallest absolute Gasteiger partial charge is 0.0701 e. The van der Waals surface area contributed by atoms with E-state index >= 15 is 0 Å². The maximum absolute atomic E-state index is 3.49. The molecule has 0 aliphatic rings. The van der Waals surface area contributed by atoms with Gasteiger partial charge in [0.15, 0.2) is 0 Å². The van der Waals surface area contributed by atoms with Crippen LogP contribution in [0.3, 0.4) is 0 Å². The molecule has 0 spiro atoms. The Balaban J connectivity index is 2.32. The quantitative estimate of drug-likeness (QED) is 0.867. The SMILES string of the molecule is CNCC(C)CN(C)Cc1ccc(Br)s1. The fourth-order valence-corrected chi connectivity index (χ4v) is 3.28. The summed E-state index contributed by atoms with van der Waals surface area (Å²) in [6, 6.07) is 4.30. The van der Waals surface area contributed by atoms with Gasteiger partial charge in [0.25, 0.3) is 0 Å². The Morgan fingerprint density at radius 3 is 2.80 bits per heavy atom. The summed E-state index contributed by atoms with van der Waals surface area (Å²) in [4.78, 5) is 3.79. The van der Waals surface area contributed by atoms with Gasteiger partial charge in [-0.1, -0.05) is 6.92 Å². The molecule has 1 N–H and O–H groups in total. The van der Waals surface area contributed by atoms with E-state index in [1.165, 1.54) is 8.66 Å². The summed E-state index contributed by atoms with van der Waals surface area (Å²) in [6.07, 6.45) is 0. The second-order valence-corrected chi connectivity index (χ2v) is 6.61. The Hall–Kier alpha value is 0.1000. The minimum Gasteiger partial charge on any atom is -0.319 e. The fourth-order valence-electron chi connectivity index (χ4n) is 1.71. The first-order valence-corrected chi connectivity index (χ1v) is 6.80. The van der Waals surface area contributed by atoms with E-state index in [2.05, 4.69) is 52.3 Å². The molecule has 0 radical (unpaired) electrons. The van der Waals surface area contributed by atoms with Gasteiger partial charge in [0.1, 0.15) is 0 Å². The van der Waals surface area contributed by atoms with E-state index in [1.54, 1.807) is 0 Å². The van der Waals surface area contributed by atoms with Crippen LogP contribution in [0.25, 0.3) is 0 Å². The number of rotatable bonds is 6. The van der Waals surface area contributed by atoms with Gasteiger partial charge < -0.3 is 10.2 Å². The molecule has 0 amide bonds. The average molecular weight is 291 g/mol. The van der Waals surface area contributed by atoms with Gasteiger partial charge in [0, 0.05) is 18.0 Å². The summed E-state index contributed by atoms with van der Waals surface area (Å²) in [5.41, 5.74) is 0. The Kier molecular flexibility index (Phi) is 5.82. The highest BCUT2D eigenvalue weighted by Gasteiger charge is 2.07. The highest BCUT2D eigenvalue weighted by Crippen LogP contribution is 2.23. The zero-order chi connectivity index (χ0) is 11.3. The lowest BCUT2D eigenvalue weighted by atomic mass is 10.1. The van der Waals surface area contributed by atoms with Crippen LogP contribution in [0.2, 0.25) is 0 Å². The van der Waals surface area contributed by atoms with Crippen LogP contribution in [0.15, 0.2) is 15.9 Å². The third kappa shape index (κ3) is 5.11. The summed E-state index contributed by atoms with van der Waals surface area (Å²) in [7, 11) is 4.19. The topological polar surface area (TPSA) is 15.3 Å². The molecule has 0 aliphatic heterocycles. The second kappa shape index (κ2) is 6.63. The monoisotopic (exact) mass is 290 g/mol. The molecule has 15 heavy (non-hydrogen) atoms. The van der Waals surface area contributed by atoms with E-state index in [-0.39, 0.29) is 0 Å². The van der Waals surface area contributed by atoms with Crippen LogP contribution in [-0.2, 0) is 6.54 Å². The highest BCUT2D eigenvalue weighted by molar-refractivity contribution is 9.11. The molecule has 0 fully saturated rings. The van der Waals surface area contributed by atoms with Crippen molar-refractivity contribution in [2.45, 2.75) is 13.5 Å². The maximum Gasteiger partial charge on any atom is 0.0701 e. The molecule has 1 heterocycles. The number of thiophene rings is 1. The van der Waals surface area contributed by atoms with E-state index in [1.807, 2.05) is 18.4 Å². The number of halogens is 1. The molecular formula is C11H19BrN2S. The summed E-state index contributed by atoms with van der Waals surface area (Å²) in [5, 5.41) is 3.21. The summed E-state index contributed by atoms with van der Waals surface area (Å²) >= 11 is 5.30. The van der Waals surface area contributed by atoms with Crippen molar-refractivity contribution in [3.63, 3.8) is 0 Å². The summed E-state index contributed by atoms with van der Waals surface area (Å²) < 4.78 is 1.22. The van der Waals surface area contributed by atoms with Crippen LogP contribution >= 0.6 is 27.3 Å². The molecule has 4 heteroatoms. The van der Waals surface area contributed by atoms with Gasteiger partial charge in [-0.3, -0.25) is 0 Å². The van der Waals surface area contributed by atoms with E-state index in [4.69, 9.17) is 0 Å². The predicted molar refractivity (Wildman–Crippen MR) is 71.4 cm³/mol. The van der Waals surface area contributed by atoms with Crippen molar-refractivity contribution in [1.82, 2.24) is 10.2 Å². The molecule has 1 aromatic heterocycles.